The third kappa shape index (κ3) is 8.14. The van der Waals surface area contributed by atoms with Gasteiger partial charge in [0, 0.05) is 32.1 Å². The highest BCUT2D eigenvalue weighted by Gasteiger charge is 2.28. The average Bonchev–Trinajstić information content (AvgIpc) is 2.91. The molecule has 0 radical (unpaired) electrons. The second-order valence-corrected chi connectivity index (χ2v) is 11.1. The van der Waals surface area contributed by atoms with E-state index < -0.39 is 5.60 Å². The topological polar surface area (TPSA) is 68.3 Å². The van der Waals surface area contributed by atoms with Crippen LogP contribution in [0.15, 0.2) is 54.6 Å². The zero-order chi connectivity index (χ0) is 26.3. The van der Waals surface area contributed by atoms with E-state index in [1.807, 2.05) is 68.1 Å². The van der Waals surface area contributed by atoms with Crippen LogP contribution in [0.4, 0.5) is 9.59 Å². The van der Waals surface area contributed by atoms with Gasteiger partial charge in [-0.25, -0.2) is 9.59 Å². The maximum absolute atomic E-state index is 12.5. The van der Waals surface area contributed by atoms with Gasteiger partial charge in [-0.15, -0.1) is 0 Å². The second kappa shape index (κ2) is 12.3. The van der Waals surface area contributed by atoms with E-state index in [0.29, 0.717) is 38.8 Å². The molecule has 0 spiro atoms. The van der Waals surface area contributed by atoms with Crippen molar-refractivity contribution in [3.05, 3.63) is 65.7 Å². The molecule has 200 valence electrons. The Kier molecular flexibility index (Phi) is 8.95. The normalized spacial score (nSPS) is 18.8. The molecule has 0 N–H and O–H groups in total. The molecule has 2 heterocycles. The number of likely N-dealkylation sites (tertiary alicyclic amines) is 2. The Bertz CT molecular complexity index is 1010. The lowest BCUT2D eigenvalue weighted by Gasteiger charge is -2.33. The molecule has 7 heteroatoms. The molecule has 0 aromatic heterocycles. The van der Waals surface area contributed by atoms with Crippen molar-refractivity contribution in [2.45, 2.75) is 64.6 Å². The summed E-state index contributed by atoms with van der Waals surface area (Å²) in [5.41, 5.74) is 1.80. The maximum atomic E-state index is 12.5. The molecule has 2 amide bonds. The predicted octanol–water partition coefficient (Wildman–Crippen LogP) is 6.23. The van der Waals surface area contributed by atoms with Crippen LogP contribution >= 0.6 is 0 Å². The number of amides is 2. The highest BCUT2D eigenvalue weighted by Crippen LogP contribution is 2.30. The Labute approximate surface area is 220 Å². The molecule has 2 aromatic rings. The molecule has 2 saturated heterocycles. The molecule has 2 aliphatic rings. The summed E-state index contributed by atoms with van der Waals surface area (Å²) in [6.45, 7) is 9.37. The van der Waals surface area contributed by atoms with Crippen LogP contribution in [0.3, 0.4) is 0 Å². The molecule has 1 atom stereocenters. The summed E-state index contributed by atoms with van der Waals surface area (Å²) in [5.74, 6) is 1.56. The molecule has 2 fully saturated rings. The first-order valence-corrected chi connectivity index (χ1v) is 13.4. The van der Waals surface area contributed by atoms with Gasteiger partial charge in [-0.2, -0.15) is 0 Å². The molecule has 2 aliphatic heterocycles. The number of rotatable bonds is 6. The van der Waals surface area contributed by atoms with Crippen molar-refractivity contribution >= 4 is 12.2 Å². The van der Waals surface area contributed by atoms with Crippen molar-refractivity contribution in [2.75, 3.05) is 32.8 Å². The van der Waals surface area contributed by atoms with Gasteiger partial charge in [0.15, 0.2) is 0 Å². The zero-order valence-corrected chi connectivity index (χ0v) is 22.4. The summed E-state index contributed by atoms with van der Waals surface area (Å²) < 4.78 is 17.1. The van der Waals surface area contributed by atoms with Gasteiger partial charge in [0.1, 0.15) is 18.0 Å². The Morgan fingerprint density at radius 3 is 2.24 bits per heavy atom. The van der Waals surface area contributed by atoms with E-state index in [9.17, 15) is 9.59 Å². The SMILES string of the molecule is CC(C)(C)OC(=O)N1CCC(c2ccc(OCC3CCCN(C(=O)OCc4ccccc4)C3)cc2)CC1. The van der Waals surface area contributed by atoms with E-state index in [-0.39, 0.29) is 18.1 Å². The molecule has 4 rings (SSSR count). The molecule has 0 saturated carbocycles. The van der Waals surface area contributed by atoms with Gasteiger partial charge < -0.3 is 24.0 Å². The van der Waals surface area contributed by atoms with E-state index >= 15 is 0 Å². The van der Waals surface area contributed by atoms with Crippen molar-refractivity contribution in [2.24, 2.45) is 5.92 Å². The number of nitrogens with zero attached hydrogens (tertiary/aromatic N) is 2. The van der Waals surface area contributed by atoms with E-state index in [1.165, 1.54) is 5.56 Å². The van der Waals surface area contributed by atoms with E-state index in [4.69, 9.17) is 14.2 Å². The van der Waals surface area contributed by atoms with Crippen molar-refractivity contribution in [1.29, 1.82) is 0 Å². The van der Waals surface area contributed by atoms with E-state index in [2.05, 4.69) is 12.1 Å². The maximum Gasteiger partial charge on any atom is 0.410 e. The molecule has 37 heavy (non-hydrogen) atoms. The summed E-state index contributed by atoms with van der Waals surface area (Å²) >= 11 is 0. The Hall–Kier alpha value is -3.22. The second-order valence-electron chi connectivity index (χ2n) is 11.1. The lowest BCUT2D eigenvalue weighted by atomic mass is 9.89. The molecule has 7 nitrogen and oxygen atoms in total. The Balaban J connectivity index is 1.19. The van der Waals surface area contributed by atoms with Gasteiger partial charge in [-0.3, -0.25) is 0 Å². The number of carbonyl (C=O) groups excluding carboxylic acids is 2. The van der Waals surface area contributed by atoms with Crippen LogP contribution in [0.25, 0.3) is 0 Å². The predicted molar refractivity (Wildman–Crippen MR) is 143 cm³/mol. The Morgan fingerprint density at radius 2 is 1.57 bits per heavy atom. The number of hydrogen-bond donors (Lipinski definition) is 0. The quantitative estimate of drug-likeness (QED) is 0.463. The Morgan fingerprint density at radius 1 is 0.865 bits per heavy atom. The van der Waals surface area contributed by atoms with Crippen molar-refractivity contribution in [3.63, 3.8) is 0 Å². The molecular formula is C30H40N2O5. The van der Waals surface area contributed by atoms with Gasteiger partial charge >= 0.3 is 12.2 Å². The van der Waals surface area contributed by atoms with E-state index in [1.54, 1.807) is 4.90 Å². The molecule has 0 bridgehead atoms. The van der Waals surface area contributed by atoms with Crippen LogP contribution in [-0.2, 0) is 16.1 Å². The van der Waals surface area contributed by atoms with Gasteiger partial charge in [-0.1, -0.05) is 42.5 Å². The number of hydrogen-bond acceptors (Lipinski definition) is 5. The minimum Gasteiger partial charge on any atom is -0.493 e. The molecular weight excluding hydrogens is 468 g/mol. The fourth-order valence-electron chi connectivity index (χ4n) is 4.95. The standard InChI is InChI=1S/C30H40N2O5/c1-30(2,3)37-29(34)31-18-15-26(16-19-31)25-11-13-27(14-12-25)35-22-24-10-7-17-32(20-24)28(33)36-21-23-8-5-4-6-9-23/h4-6,8-9,11-14,24,26H,7,10,15-22H2,1-3H3. The van der Waals surface area contributed by atoms with E-state index in [0.717, 1.165) is 43.5 Å². The molecule has 2 aromatic carbocycles. The fourth-order valence-corrected chi connectivity index (χ4v) is 4.95. The monoisotopic (exact) mass is 508 g/mol. The van der Waals surface area contributed by atoms with Crippen LogP contribution in [-0.4, -0.2) is 60.4 Å². The smallest absolute Gasteiger partial charge is 0.410 e. The first-order valence-electron chi connectivity index (χ1n) is 13.4. The zero-order valence-electron chi connectivity index (χ0n) is 22.4. The molecule has 0 aliphatic carbocycles. The van der Waals surface area contributed by atoms with Crippen LogP contribution in [0, 0.1) is 5.92 Å². The first-order chi connectivity index (χ1) is 17.8. The summed E-state index contributed by atoms with van der Waals surface area (Å²) in [6.07, 6.45) is 3.37. The number of piperidine rings is 2. The minimum absolute atomic E-state index is 0.222. The van der Waals surface area contributed by atoms with Gasteiger partial charge in [0.2, 0.25) is 0 Å². The third-order valence-electron chi connectivity index (χ3n) is 6.97. The third-order valence-corrected chi connectivity index (χ3v) is 6.97. The average molecular weight is 509 g/mol. The number of carbonyl (C=O) groups is 2. The van der Waals surface area contributed by atoms with Crippen LogP contribution < -0.4 is 4.74 Å². The summed E-state index contributed by atoms with van der Waals surface area (Å²) in [5, 5.41) is 0. The minimum atomic E-state index is -0.467. The summed E-state index contributed by atoms with van der Waals surface area (Å²) in [4.78, 5) is 28.5. The number of ether oxygens (including phenoxy) is 3. The van der Waals surface area contributed by atoms with Crippen LogP contribution in [0.5, 0.6) is 5.75 Å². The van der Waals surface area contributed by atoms with Crippen molar-refractivity contribution in [1.82, 2.24) is 9.80 Å². The highest BCUT2D eigenvalue weighted by atomic mass is 16.6. The van der Waals surface area contributed by atoms with Gasteiger partial charge in [0.05, 0.1) is 6.61 Å². The van der Waals surface area contributed by atoms with Gasteiger partial charge in [-0.05, 0) is 75.6 Å². The van der Waals surface area contributed by atoms with Gasteiger partial charge in [0.25, 0.3) is 0 Å². The van der Waals surface area contributed by atoms with Crippen LogP contribution in [0.2, 0.25) is 0 Å². The lowest BCUT2D eigenvalue weighted by molar-refractivity contribution is 0.0204. The summed E-state index contributed by atoms with van der Waals surface area (Å²) in [6, 6.07) is 18.1. The summed E-state index contributed by atoms with van der Waals surface area (Å²) in [7, 11) is 0. The number of benzene rings is 2. The van der Waals surface area contributed by atoms with Crippen molar-refractivity contribution in [3.8, 4) is 5.75 Å². The largest absolute Gasteiger partial charge is 0.493 e. The fraction of sp³-hybridized carbons (Fsp3) is 0.533. The highest BCUT2D eigenvalue weighted by molar-refractivity contribution is 5.68. The molecule has 1 unspecified atom stereocenters. The van der Waals surface area contributed by atoms with Crippen molar-refractivity contribution < 1.29 is 23.8 Å². The van der Waals surface area contributed by atoms with Crippen LogP contribution in [0.1, 0.15) is 63.5 Å². The first kappa shape index (κ1) is 26.8. The lowest BCUT2D eigenvalue weighted by Crippen LogP contribution is -2.41.